The van der Waals surface area contributed by atoms with E-state index < -0.39 is 0 Å². The first-order valence-electron chi connectivity index (χ1n) is 8.07. The van der Waals surface area contributed by atoms with Gasteiger partial charge in [0.2, 0.25) is 5.91 Å². The topological polar surface area (TPSA) is 44.4 Å². The molecule has 116 valence electrons. The molecule has 0 spiro atoms. The van der Waals surface area contributed by atoms with E-state index in [1.54, 1.807) is 0 Å². The number of piperazine rings is 1. The van der Waals surface area contributed by atoms with Crippen LogP contribution in [0.1, 0.15) is 31.2 Å². The molecule has 21 heavy (non-hydrogen) atoms. The molecule has 0 saturated carbocycles. The van der Waals surface area contributed by atoms with Gasteiger partial charge in [-0.05, 0) is 24.9 Å². The molecule has 1 aromatic rings. The van der Waals surface area contributed by atoms with E-state index in [2.05, 4.69) is 22.5 Å². The molecule has 1 aliphatic heterocycles. The lowest BCUT2D eigenvalue weighted by Gasteiger charge is -2.27. The second-order valence-electron chi connectivity index (χ2n) is 5.61. The molecule has 0 bridgehead atoms. The number of carbonyl (C=O) groups is 1. The number of nitrogens with zero attached hydrogens (tertiary/aromatic N) is 1. The molecule has 1 atom stereocenters. The molecule has 4 nitrogen and oxygen atoms in total. The fraction of sp³-hybridized carbons (Fsp3) is 0.588. The number of carbonyl (C=O) groups excluding carboxylic acids is 1. The predicted octanol–water partition coefficient (Wildman–Crippen LogP) is 1.59. The standard InChI is InChI=1S/C17H27N3O/c1-2-16(15-7-4-3-5-8-15)17(21)19-9-6-12-20-13-10-18-11-14-20/h3-5,7-8,16,18H,2,6,9-14H2,1H3,(H,19,21). The summed E-state index contributed by atoms with van der Waals surface area (Å²) in [6, 6.07) is 10.1. The number of nitrogens with one attached hydrogen (secondary N) is 2. The Morgan fingerprint density at radius 1 is 1.29 bits per heavy atom. The lowest BCUT2D eigenvalue weighted by molar-refractivity contribution is -0.122. The zero-order valence-electron chi connectivity index (χ0n) is 13.0. The van der Waals surface area contributed by atoms with Gasteiger partial charge in [0, 0.05) is 32.7 Å². The summed E-state index contributed by atoms with van der Waals surface area (Å²) in [5.74, 6) is 0.134. The molecule has 0 aliphatic carbocycles. The van der Waals surface area contributed by atoms with Gasteiger partial charge in [-0.15, -0.1) is 0 Å². The van der Waals surface area contributed by atoms with Crippen molar-refractivity contribution in [3.63, 3.8) is 0 Å². The lowest BCUT2D eigenvalue weighted by Crippen LogP contribution is -2.44. The van der Waals surface area contributed by atoms with E-state index in [4.69, 9.17) is 0 Å². The summed E-state index contributed by atoms with van der Waals surface area (Å²) in [5, 5.41) is 6.44. The molecule has 0 aromatic heterocycles. The monoisotopic (exact) mass is 289 g/mol. The molecule has 1 aliphatic rings. The first-order valence-corrected chi connectivity index (χ1v) is 8.07. The van der Waals surface area contributed by atoms with Gasteiger partial charge in [-0.3, -0.25) is 4.79 Å². The van der Waals surface area contributed by atoms with E-state index in [1.807, 2.05) is 30.3 Å². The summed E-state index contributed by atoms with van der Waals surface area (Å²) < 4.78 is 0. The molecule has 2 rings (SSSR count). The van der Waals surface area contributed by atoms with E-state index in [9.17, 15) is 4.79 Å². The minimum atomic E-state index is -0.0228. The van der Waals surface area contributed by atoms with Crippen LogP contribution < -0.4 is 10.6 Å². The van der Waals surface area contributed by atoms with Crippen LogP contribution in [-0.2, 0) is 4.79 Å². The largest absolute Gasteiger partial charge is 0.356 e. The van der Waals surface area contributed by atoms with Crippen LogP contribution in [-0.4, -0.2) is 50.1 Å². The maximum absolute atomic E-state index is 12.3. The zero-order chi connectivity index (χ0) is 14.9. The Morgan fingerprint density at radius 3 is 2.67 bits per heavy atom. The lowest BCUT2D eigenvalue weighted by atomic mass is 9.96. The van der Waals surface area contributed by atoms with Crippen molar-refractivity contribution in [3.8, 4) is 0 Å². The normalized spacial score (nSPS) is 17.4. The Labute approximate surface area is 127 Å². The van der Waals surface area contributed by atoms with E-state index in [0.717, 1.165) is 57.7 Å². The third kappa shape index (κ3) is 5.14. The molecule has 1 amide bonds. The van der Waals surface area contributed by atoms with Crippen LogP contribution in [0, 0.1) is 0 Å². The highest BCUT2D eigenvalue weighted by Gasteiger charge is 2.17. The van der Waals surface area contributed by atoms with Crippen molar-refractivity contribution in [1.82, 2.24) is 15.5 Å². The maximum Gasteiger partial charge on any atom is 0.227 e. The number of amides is 1. The summed E-state index contributed by atoms with van der Waals surface area (Å²) in [4.78, 5) is 14.7. The highest BCUT2D eigenvalue weighted by molar-refractivity contribution is 5.83. The Hall–Kier alpha value is -1.39. The van der Waals surface area contributed by atoms with Crippen LogP contribution in [0.15, 0.2) is 30.3 Å². The number of benzene rings is 1. The van der Waals surface area contributed by atoms with Gasteiger partial charge in [0.05, 0.1) is 5.92 Å². The van der Waals surface area contributed by atoms with Crippen molar-refractivity contribution in [3.05, 3.63) is 35.9 Å². The third-order valence-corrected chi connectivity index (χ3v) is 4.09. The summed E-state index contributed by atoms with van der Waals surface area (Å²) in [7, 11) is 0. The van der Waals surface area contributed by atoms with Crippen molar-refractivity contribution < 1.29 is 4.79 Å². The molecule has 0 radical (unpaired) electrons. The first kappa shape index (κ1) is 16.0. The predicted molar refractivity (Wildman–Crippen MR) is 86.4 cm³/mol. The minimum Gasteiger partial charge on any atom is -0.356 e. The van der Waals surface area contributed by atoms with Gasteiger partial charge in [-0.1, -0.05) is 37.3 Å². The number of hydrogen-bond acceptors (Lipinski definition) is 3. The van der Waals surface area contributed by atoms with Gasteiger partial charge < -0.3 is 15.5 Å². The van der Waals surface area contributed by atoms with Gasteiger partial charge in [-0.25, -0.2) is 0 Å². The molecule has 1 heterocycles. The van der Waals surface area contributed by atoms with Crippen molar-refractivity contribution in [2.75, 3.05) is 39.3 Å². The van der Waals surface area contributed by atoms with Crippen LogP contribution in [0.2, 0.25) is 0 Å². The molecule has 1 aromatic carbocycles. The quantitative estimate of drug-likeness (QED) is 0.749. The summed E-state index contributed by atoms with van der Waals surface area (Å²) >= 11 is 0. The molecule has 1 unspecified atom stereocenters. The minimum absolute atomic E-state index is 0.0228. The fourth-order valence-electron chi connectivity index (χ4n) is 2.83. The van der Waals surface area contributed by atoms with Crippen molar-refractivity contribution in [1.29, 1.82) is 0 Å². The second kappa shape index (κ2) is 8.80. The van der Waals surface area contributed by atoms with Crippen LogP contribution in [0.5, 0.6) is 0 Å². The molecular weight excluding hydrogens is 262 g/mol. The second-order valence-corrected chi connectivity index (χ2v) is 5.61. The Morgan fingerprint density at radius 2 is 2.00 bits per heavy atom. The van der Waals surface area contributed by atoms with E-state index in [0.29, 0.717) is 0 Å². The molecule has 4 heteroatoms. The van der Waals surface area contributed by atoms with Crippen molar-refractivity contribution in [2.45, 2.75) is 25.7 Å². The number of hydrogen-bond donors (Lipinski definition) is 2. The third-order valence-electron chi connectivity index (χ3n) is 4.09. The van der Waals surface area contributed by atoms with Gasteiger partial charge in [0.15, 0.2) is 0 Å². The Balaban J connectivity index is 1.70. The van der Waals surface area contributed by atoms with Crippen LogP contribution in [0.25, 0.3) is 0 Å². The summed E-state index contributed by atoms with van der Waals surface area (Å²) in [6.07, 6.45) is 1.87. The van der Waals surface area contributed by atoms with Crippen molar-refractivity contribution in [2.24, 2.45) is 0 Å². The number of rotatable bonds is 7. The van der Waals surface area contributed by atoms with E-state index in [-0.39, 0.29) is 11.8 Å². The Kier molecular flexibility index (Phi) is 6.70. The van der Waals surface area contributed by atoms with Gasteiger partial charge in [-0.2, -0.15) is 0 Å². The van der Waals surface area contributed by atoms with Crippen LogP contribution in [0.3, 0.4) is 0 Å². The summed E-state index contributed by atoms with van der Waals surface area (Å²) in [5.41, 5.74) is 1.11. The summed E-state index contributed by atoms with van der Waals surface area (Å²) in [6.45, 7) is 8.32. The zero-order valence-corrected chi connectivity index (χ0v) is 13.0. The van der Waals surface area contributed by atoms with Gasteiger partial charge in [0.1, 0.15) is 0 Å². The molecule has 1 fully saturated rings. The fourth-order valence-corrected chi connectivity index (χ4v) is 2.83. The highest BCUT2D eigenvalue weighted by Crippen LogP contribution is 2.19. The highest BCUT2D eigenvalue weighted by atomic mass is 16.1. The molecular formula is C17H27N3O. The van der Waals surface area contributed by atoms with Crippen LogP contribution in [0.4, 0.5) is 0 Å². The maximum atomic E-state index is 12.3. The Bertz CT molecular complexity index is 415. The SMILES string of the molecule is CCC(C(=O)NCCCN1CCNCC1)c1ccccc1. The van der Waals surface area contributed by atoms with Gasteiger partial charge >= 0.3 is 0 Å². The van der Waals surface area contributed by atoms with E-state index in [1.165, 1.54) is 0 Å². The first-order chi connectivity index (χ1) is 10.3. The van der Waals surface area contributed by atoms with Crippen LogP contribution >= 0.6 is 0 Å². The molecule has 1 saturated heterocycles. The van der Waals surface area contributed by atoms with Gasteiger partial charge in [0.25, 0.3) is 0 Å². The average Bonchev–Trinajstić information content (AvgIpc) is 2.54. The smallest absolute Gasteiger partial charge is 0.227 e. The van der Waals surface area contributed by atoms with E-state index >= 15 is 0 Å². The average molecular weight is 289 g/mol. The molecule has 2 N–H and O–H groups in total. The van der Waals surface area contributed by atoms with Crippen molar-refractivity contribution >= 4 is 5.91 Å².